The second-order valence-corrected chi connectivity index (χ2v) is 5.19. The number of ketones is 1. The first-order valence-corrected chi connectivity index (χ1v) is 6.85. The summed E-state index contributed by atoms with van der Waals surface area (Å²) in [5.74, 6) is 0.952. The van der Waals surface area contributed by atoms with Crippen LogP contribution in [-0.4, -0.2) is 16.6 Å². The van der Waals surface area contributed by atoms with Crippen LogP contribution in [0.2, 0.25) is 5.02 Å². The van der Waals surface area contributed by atoms with Crippen LogP contribution in [0.25, 0.3) is 11.3 Å². The fraction of sp³-hybridized carbons (Fsp3) is 0.125. The molecule has 106 valence electrons. The van der Waals surface area contributed by atoms with Crippen molar-refractivity contribution in [2.45, 2.75) is 13.0 Å². The van der Waals surface area contributed by atoms with Gasteiger partial charge in [0, 0.05) is 16.8 Å². The van der Waals surface area contributed by atoms with Crippen LogP contribution >= 0.6 is 11.6 Å². The van der Waals surface area contributed by atoms with Crippen molar-refractivity contribution in [2.75, 3.05) is 0 Å². The normalized spacial score (nSPS) is 14.8. The molecular weight excluding hydrogens is 290 g/mol. The molecule has 5 heteroatoms. The third-order valence-corrected chi connectivity index (χ3v) is 3.42. The number of halogens is 1. The molecule has 0 aliphatic carbocycles. The van der Waals surface area contributed by atoms with Gasteiger partial charge in [0.25, 0.3) is 0 Å². The minimum absolute atomic E-state index is 0.0850. The molecule has 1 aromatic heterocycles. The Morgan fingerprint density at radius 3 is 2.81 bits per heavy atom. The minimum atomic E-state index is -0.219. The number of carbonyl (C=O) groups excluding carboxylic acids is 2. The van der Waals surface area contributed by atoms with E-state index in [1.54, 1.807) is 6.07 Å². The molecule has 0 unspecified atom stereocenters. The lowest BCUT2D eigenvalue weighted by Gasteiger charge is -2.19. The zero-order valence-electron chi connectivity index (χ0n) is 11.1. The average Bonchev–Trinajstić information content (AvgIpc) is 2.91. The van der Waals surface area contributed by atoms with Crippen molar-refractivity contribution in [2.24, 2.45) is 0 Å². The Morgan fingerprint density at radius 1 is 1.19 bits per heavy atom. The van der Waals surface area contributed by atoms with Crippen molar-refractivity contribution in [1.29, 1.82) is 0 Å². The molecule has 0 saturated heterocycles. The summed E-state index contributed by atoms with van der Waals surface area (Å²) >= 11 is 5.95. The van der Waals surface area contributed by atoms with Gasteiger partial charge in [0.2, 0.25) is 5.91 Å². The standard InChI is InChI=1S/C16H12ClNO3/c17-12-3-1-2-11(8-12)15-5-4-14(21-15)10-18-7-6-13(19)9-16(18)20/h1-8H,9-10H2. The lowest BCUT2D eigenvalue weighted by atomic mass is 10.2. The Balaban J connectivity index is 1.78. The first-order valence-electron chi connectivity index (χ1n) is 6.47. The van der Waals surface area contributed by atoms with Crippen molar-refractivity contribution in [3.05, 3.63) is 59.5 Å². The van der Waals surface area contributed by atoms with Crippen molar-refractivity contribution < 1.29 is 14.0 Å². The largest absolute Gasteiger partial charge is 0.459 e. The molecule has 1 amide bonds. The van der Waals surface area contributed by atoms with Crippen LogP contribution in [0.4, 0.5) is 0 Å². The summed E-state index contributed by atoms with van der Waals surface area (Å²) in [7, 11) is 0. The molecule has 0 N–H and O–H groups in total. The van der Waals surface area contributed by atoms with E-state index in [0.29, 0.717) is 23.1 Å². The molecular formula is C16H12ClNO3. The smallest absolute Gasteiger partial charge is 0.234 e. The first kappa shape index (κ1) is 13.6. The van der Waals surface area contributed by atoms with Crippen molar-refractivity contribution >= 4 is 23.3 Å². The number of allylic oxidation sites excluding steroid dienone is 1. The molecule has 3 rings (SSSR count). The van der Waals surface area contributed by atoms with Gasteiger partial charge >= 0.3 is 0 Å². The first-order chi connectivity index (χ1) is 10.1. The second-order valence-electron chi connectivity index (χ2n) is 4.76. The molecule has 2 aromatic rings. The van der Waals surface area contributed by atoms with E-state index in [2.05, 4.69) is 0 Å². The number of hydrogen-bond donors (Lipinski definition) is 0. The quantitative estimate of drug-likeness (QED) is 0.816. The van der Waals surface area contributed by atoms with Crippen LogP contribution in [0.15, 0.2) is 53.1 Å². The van der Waals surface area contributed by atoms with E-state index in [4.69, 9.17) is 16.0 Å². The average molecular weight is 302 g/mol. The fourth-order valence-electron chi connectivity index (χ4n) is 2.13. The van der Waals surface area contributed by atoms with Crippen LogP contribution in [-0.2, 0) is 16.1 Å². The van der Waals surface area contributed by atoms with Gasteiger partial charge in [-0.25, -0.2) is 0 Å². The lowest BCUT2D eigenvalue weighted by molar-refractivity contribution is -0.133. The van der Waals surface area contributed by atoms with Crippen LogP contribution in [0, 0.1) is 0 Å². The molecule has 0 radical (unpaired) electrons. The Kier molecular flexibility index (Phi) is 3.62. The topological polar surface area (TPSA) is 50.5 Å². The van der Waals surface area contributed by atoms with Gasteiger partial charge in [0.1, 0.15) is 11.5 Å². The van der Waals surface area contributed by atoms with Gasteiger partial charge in [-0.15, -0.1) is 0 Å². The van der Waals surface area contributed by atoms with Crippen molar-refractivity contribution in [1.82, 2.24) is 4.90 Å². The van der Waals surface area contributed by atoms with E-state index in [1.165, 1.54) is 17.2 Å². The van der Waals surface area contributed by atoms with Gasteiger partial charge in [-0.2, -0.15) is 0 Å². The molecule has 0 bridgehead atoms. The van der Waals surface area contributed by atoms with E-state index >= 15 is 0 Å². The summed E-state index contributed by atoms with van der Waals surface area (Å²) in [5, 5.41) is 0.637. The highest BCUT2D eigenvalue weighted by Gasteiger charge is 2.20. The van der Waals surface area contributed by atoms with Gasteiger partial charge in [0.05, 0.1) is 13.0 Å². The predicted octanol–water partition coefficient (Wildman–Crippen LogP) is 3.42. The molecule has 0 spiro atoms. The maximum atomic E-state index is 11.7. The molecule has 21 heavy (non-hydrogen) atoms. The van der Waals surface area contributed by atoms with E-state index in [9.17, 15) is 9.59 Å². The zero-order chi connectivity index (χ0) is 14.8. The van der Waals surface area contributed by atoms with Gasteiger partial charge < -0.3 is 9.32 Å². The highest BCUT2D eigenvalue weighted by Crippen LogP contribution is 2.25. The Bertz CT molecular complexity index is 733. The number of hydrogen-bond acceptors (Lipinski definition) is 3. The van der Waals surface area contributed by atoms with Crippen LogP contribution < -0.4 is 0 Å². The number of rotatable bonds is 3. The summed E-state index contributed by atoms with van der Waals surface area (Å²) in [6.45, 7) is 0.309. The number of nitrogens with zero attached hydrogens (tertiary/aromatic N) is 1. The summed E-state index contributed by atoms with van der Waals surface area (Å²) in [6, 6.07) is 11.0. The lowest BCUT2D eigenvalue weighted by Crippen LogP contribution is -2.30. The zero-order valence-corrected chi connectivity index (χ0v) is 11.8. The molecule has 1 aliphatic rings. The van der Waals surface area contributed by atoms with Gasteiger partial charge in [-0.1, -0.05) is 23.7 Å². The van der Waals surface area contributed by atoms with Crippen LogP contribution in [0.5, 0.6) is 0 Å². The van der Waals surface area contributed by atoms with Gasteiger partial charge in [-0.3, -0.25) is 9.59 Å². The molecule has 0 atom stereocenters. The fourth-order valence-corrected chi connectivity index (χ4v) is 2.32. The molecule has 0 saturated carbocycles. The van der Waals surface area contributed by atoms with E-state index in [0.717, 1.165) is 5.56 Å². The van der Waals surface area contributed by atoms with Crippen LogP contribution in [0.1, 0.15) is 12.2 Å². The van der Waals surface area contributed by atoms with E-state index in [-0.39, 0.29) is 18.1 Å². The number of amides is 1. The highest BCUT2D eigenvalue weighted by molar-refractivity contribution is 6.30. The van der Waals surface area contributed by atoms with E-state index < -0.39 is 0 Å². The maximum absolute atomic E-state index is 11.7. The third-order valence-electron chi connectivity index (χ3n) is 3.18. The summed E-state index contributed by atoms with van der Waals surface area (Å²) in [4.78, 5) is 24.3. The van der Waals surface area contributed by atoms with Gasteiger partial charge in [-0.05, 0) is 30.3 Å². The number of benzene rings is 1. The monoisotopic (exact) mass is 301 g/mol. The summed E-state index contributed by atoms with van der Waals surface area (Å²) in [6.07, 6.45) is 2.82. The Morgan fingerprint density at radius 2 is 2.05 bits per heavy atom. The third kappa shape index (κ3) is 3.06. The number of carbonyl (C=O) groups is 2. The molecule has 2 heterocycles. The SMILES string of the molecule is O=C1C=CN(Cc2ccc(-c3cccc(Cl)c3)o2)C(=O)C1. The Labute approximate surface area is 126 Å². The molecule has 0 fully saturated rings. The van der Waals surface area contributed by atoms with Gasteiger partial charge in [0.15, 0.2) is 5.78 Å². The number of furan rings is 1. The molecule has 1 aliphatic heterocycles. The van der Waals surface area contributed by atoms with Crippen LogP contribution in [0.3, 0.4) is 0 Å². The highest BCUT2D eigenvalue weighted by atomic mass is 35.5. The van der Waals surface area contributed by atoms with Crippen molar-refractivity contribution in [3.63, 3.8) is 0 Å². The predicted molar refractivity (Wildman–Crippen MR) is 78.5 cm³/mol. The summed E-state index contributed by atoms with van der Waals surface area (Å²) in [5.41, 5.74) is 0.879. The minimum Gasteiger partial charge on any atom is -0.459 e. The van der Waals surface area contributed by atoms with Crippen molar-refractivity contribution in [3.8, 4) is 11.3 Å². The molecule has 4 nitrogen and oxygen atoms in total. The second kappa shape index (κ2) is 5.58. The maximum Gasteiger partial charge on any atom is 0.234 e. The molecule has 1 aromatic carbocycles. The van der Waals surface area contributed by atoms with E-state index in [1.807, 2.05) is 30.3 Å². The summed E-state index contributed by atoms with van der Waals surface area (Å²) < 4.78 is 5.73. The Hall–Kier alpha value is -2.33.